The second kappa shape index (κ2) is 6.49. The Kier molecular flexibility index (Phi) is 4.05. The fourth-order valence-corrected chi connectivity index (χ4v) is 3.35. The molecule has 1 N–H and O–H groups in total. The average molecular weight is 319 g/mol. The summed E-state index contributed by atoms with van der Waals surface area (Å²) in [6.45, 7) is 5.03. The monoisotopic (exact) mass is 319 g/mol. The molecule has 0 unspecified atom stereocenters. The Morgan fingerprint density at radius 2 is 1.79 bits per heavy atom. The zero-order valence-electron chi connectivity index (χ0n) is 13.6. The summed E-state index contributed by atoms with van der Waals surface area (Å²) in [4.78, 5) is 9.26. The largest absolute Gasteiger partial charge is 0.507 e. The molecule has 1 aromatic heterocycles. The molecule has 0 saturated carbocycles. The molecule has 0 spiro atoms. The molecule has 0 amide bonds. The van der Waals surface area contributed by atoms with Gasteiger partial charge in [0.1, 0.15) is 11.6 Å². The average Bonchev–Trinajstić information content (AvgIpc) is 2.63. The van der Waals surface area contributed by atoms with Gasteiger partial charge in [0.05, 0.1) is 0 Å². The highest BCUT2D eigenvalue weighted by molar-refractivity contribution is 5.88. The normalized spacial score (nSPS) is 15.8. The first kappa shape index (κ1) is 15.0. The Morgan fingerprint density at radius 1 is 0.917 bits per heavy atom. The molecule has 24 heavy (non-hydrogen) atoms. The molecule has 1 fully saturated rings. The van der Waals surface area contributed by atoms with Gasteiger partial charge in [0, 0.05) is 44.3 Å². The summed E-state index contributed by atoms with van der Waals surface area (Å²) in [5.74, 6) is 1.42. The first-order chi connectivity index (χ1) is 11.8. The maximum absolute atomic E-state index is 9.90. The summed E-state index contributed by atoms with van der Waals surface area (Å²) in [7, 11) is 0. The van der Waals surface area contributed by atoms with E-state index in [4.69, 9.17) is 0 Å². The smallest absolute Gasteiger partial charge is 0.128 e. The molecule has 4 rings (SSSR count). The third kappa shape index (κ3) is 3.05. The number of phenols is 1. The van der Waals surface area contributed by atoms with Gasteiger partial charge in [0.2, 0.25) is 0 Å². The van der Waals surface area contributed by atoms with Crippen LogP contribution in [-0.4, -0.2) is 41.2 Å². The Labute approximate surface area is 142 Å². The minimum absolute atomic E-state index is 0.350. The van der Waals surface area contributed by atoms with Crippen LogP contribution in [0.25, 0.3) is 10.8 Å². The van der Waals surface area contributed by atoms with Crippen LogP contribution in [0.4, 0.5) is 5.82 Å². The summed E-state index contributed by atoms with van der Waals surface area (Å²) in [5.41, 5.74) is 1.29. The molecule has 1 aliphatic heterocycles. The number of aromatic nitrogens is 1. The Morgan fingerprint density at radius 3 is 2.58 bits per heavy atom. The van der Waals surface area contributed by atoms with Gasteiger partial charge in [-0.05, 0) is 35.2 Å². The van der Waals surface area contributed by atoms with E-state index < -0.39 is 0 Å². The zero-order valence-corrected chi connectivity index (χ0v) is 13.6. The molecule has 4 heteroatoms. The van der Waals surface area contributed by atoms with Crippen molar-refractivity contribution >= 4 is 16.6 Å². The molecular weight excluding hydrogens is 298 g/mol. The fraction of sp³-hybridized carbons (Fsp3) is 0.250. The van der Waals surface area contributed by atoms with Crippen molar-refractivity contribution in [3.63, 3.8) is 0 Å². The van der Waals surface area contributed by atoms with Crippen LogP contribution >= 0.6 is 0 Å². The van der Waals surface area contributed by atoms with Crippen molar-refractivity contribution in [3.8, 4) is 5.75 Å². The van der Waals surface area contributed by atoms with Crippen molar-refractivity contribution in [2.24, 2.45) is 0 Å². The van der Waals surface area contributed by atoms with E-state index in [1.807, 2.05) is 30.5 Å². The lowest BCUT2D eigenvalue weighted by Gasteiger charge is -2.35. The molecular formula is C20H21N3O. The molecule has 2 aromatic carbocycles. The quantitative estimate of drug-likeness (QED) is 0.804. The molecule has 2 heterocycles. The fourth-order valence-electron chi connectivity index (χ4n) is 3.35. The first-order valence-electron chi connectivity index (χ1n) is 8.38. The summed E-state index contributed by atoms with van der Waals surface area (Å²) >= 11 is 0. The van der Waals surface area contributed by atoms with Crippen LogP contribution in [-0.2, 0) is 6.54 Å². The van der Waals surface area contributed by atoms with Gasteiger partial charge in [-0.1, -0.05) is 30.3 Å². The van der Waals surface area contributed by atoms with Gasteiger partial charge in [-0.2, -0.15) is 0 Å². The van der Waals surface area contributed by atoms with E-state index in [1.54, 1.807) is 6.07 Å². The summed E-state index contributed by atoms with van der Waals surface area (Å²) in [5, 5.41) is 11.9. The number of benzene rings is 2. The van der Waals surface area contributed by atoms with Crippen LogP contribution in [0, 0.1) is 0 Å². The first-order valence-corrected chi connectivity index (χ1v) is 8.38. The van der Waals surface area contributed by atoms with Crippen molar-refractivity contribution < 1.29 is 5.11 Å². The minimum Gasteiger partial charge on any atom is -0.507 e. The van der Waals surface area contributed by atoms with Crippen molar-refractivity contribution in [3.05, 3.63) is 66.4 Å². The Bertz CT molecular complexity index is 827. The number of pyridine rings is 1. The molecule has 3 aromatic rings. The lowest BCUT2D eigenvalue weighted by molar-refractivity contribution is 0.249. The number of piperazine rings is 1. The van der Waals surface area contributed by atoms with Crippen LogP contribution < -0.4 is 4.90 Å². The minimum atomic E-state index is 0.350. The molecule has 1 aliphatic rings. The molecule has 122 valence electrons. The second-order valence-corrected chi connectivity index (χ2v) is 6.28. The van der Waals surface area contributed by atoms with Crippen LogP contribution in [0.15, 0.2) is 60.8 Å². The molecule has 0 bridgehead atoms. The molecule has 1 saturated heterocycles. The topological polar surface area (TPSA) is 39.6 Å². The molecule has 0 atom stereocenters. The molecule has 0 aliphatic carbocycles. The highest BCUT2D eigenvalue weighted by Crippen LogP contribution is 2.25. The number of fused-ring (bicyclic) bond motifs is 1. The van der Waals surface area contributed by atoms with Gasteiger partial charge >= 0.3 is 0 Å². The van der Waals surface area contributed by atoms with E-state index in [-0.39, 0.29) is 0 Å². The van der Waals surface area contributed by atoms with Crippen molar-refractivity contribution in [1.29, 1.82) is 0 Å². The Hall–Kier alpha value is -2.59. The van der Waals surface area contributed by atoms with E-state index in [1.165, 1.54) is 5.56 Å². The van der Waals surface area contributed by atoms with Gasteiger partial charge in [-0.25, -0.2) is 4.98 Å². The lowest BCUT2D eigenvalue weighted by Crippen LogP contribution is -2.46. The standard InChI is InChI=1S/C20H21N3O/c24-19-5-3-4-17-14-16(7-8-18(17)19)15-22-10-12-23(13-11-22)20-6-1-2-9-21-20/h1-9,14,24H,10-13,15H2. The van der Waals surface area contributed by atoms with E-state index in [0.29, 0.717) is 5.75 Å². The summed E-state index contributed by atoms with van der Waals surface area (Å²) in [6.07, 6.45) is 1.85. The molecule has 0 radical (unpaired) electrons. The lowest BCUT2D eigenvalue weighted by atomic mass is 10.1. The number of rotatable bonds is 3. The SMILES string of the molecule is Oc1cccc2cc(CN3CCN(c4ccccn4)CC3)ccc12. The summed E-state index contributed by atoms with van der Waals surface area (Å²) < 4.78 is 0. The van der Waals surface area contributed by atoms with Gasteiger partial charge < -0.3 is 10.0 Å². The van der Waals surface area contributed by atoms with Gasteiger partial charge in [0.25, 0.3) is 0 Å². The number of phenolic OH excluding ortho intramolecular Hbond substituents is 1. The predicted molar refractivity (Wildman–Crippen MR) is 97.3 cm³/mol. The van der Waals surface area contributed by atoms with Gasteiger partial charge in [-0.15, -0.1) is 0 Å². The number of hydrogen-bond donors (Lipinski definition) is 1. The summed E-state index contributed by atoms with van der Waals surface area (Å²) in [6, 6.07) is 18.1. The van der Waals surface area contributed by atoms with Crippen molar-refractivity contribution in [2.45, 2.75) is 6.54 Å². The van der Waals surface area contributed by atoms with E-state index >= 15 is 0 Å². The van der Waals surface area contributed by atoms with Crippen LogP contribution in [0.2, 0.25) is 0 Å². The van der Waals surface area contributed by atoms with Crippen LogP contribution in [0.3, 0.4) is 0 Å². The number of anilines is 1. The van der Waals surface area contributed by atoms with E-state index in [9.17, 15) is 5.11 Å². The highest BCUT2D eigenvalue weighted by atomic mass is 16.3. The predicted octanol–water partition coefficient (Wildman–Crippen LogP) is 3.26. The van der Waals surface area contributed by atoms with Crippen LogP contribution in [0.1, 0.15) is 5.56 Å². The number of hydrogen-bond acceptors (Lipinski definition) is 4. The number of nitrogens with zero attached hydrogens (tertiary/aromatic N) is 3. The van der Waals surface area contributed by atoms with Crippen LogP contribution in [0.5, 0.6) is 5.75 Å². The maximum atomic E-state index is 9.90. The number of aromatic hydroxyl groups is 1. The van der Waals surface area contributed by atoms with E-state index in [2.05, 4.69) is 39.0 Å². The van der Waals surface area contributed by atoms with E-state index in [0.717, 1.165) is 49.3 Å². The van der Waals surface area contributed by atoms with Crippen molar-refractivity contribution in [1.82, 2.24) is 9.88 Å². The highest BCUT2D eigenvalue weighted by Gasteiger charge is 2.18. The third-order valence-corrected chi connectivity index (χ3v) is 4.67. The molecule has 4 nitrogen and oxygen atoms in total. The maximum Gasteiger partial charge on any atom is 0.128 e. The van der Waals surface area contributed by atoms with Crippen molar-refractivity contribution in [2.75, 3.05) is 31.1 Å². The van der Waals surface area contributed by atoms with Gasteiger partial charge in [0.15, 0.2) is 0 Å². The second-order valence-electron chi connectivity index (χ2n) is 6.28. The Balaban J connectivity index is 1.42. The zero-order chi connectivity index (χ0) is 16.4. The van der Waals surface area contributed by atoms with Gasteiger partial charge in [-0.3, -0.25) is 4.90 Å². The third-order valence-electron chi connectivity index (χ3n) is 4.67.